The second-order valence-corrected chi connectivity index (χ2v) is 7.96. The molecule has 0 radical (unpaired) electrons. The topological polar surface area (TPSA) is 58.4 Å². The molecule has 2 aromatic heterocycles. The van der Waals surface area contributed by atoms with Gasteiger partial charge in [0, 0.05) is 35.2 Å². The molecule has 3 aromatic rings. The molecule has 27 heavy (non-hydrogen) atoms. The number of pyridine rings is 1. The summed E-state index contributed by atoms with van der Waals surface area (Å²) in [6.45, 7) is 2.93. The maximum atomic E-state index is 12.3. The van der Waals surface area contributed by atoms with Crippen molar-refractivity contribution in [2.45, 2.75) is 23.5 Å². The second-order valence-electron chi connectivity index (χ2n) is 6.91. The molecule has 1 aliphatic rings. The second kappa shape index (κ2) is 8.59. The Hall–Kier alpha value is -2.31. The number of amides is 1. The minimum absolute atomic E-state index is 0.0119. The van der Waals surface area contributed by atoms with Crippen LogP contribution in [0.2, 0.25) is 0 Å². The Labute approximate surface area is 163 Å². The van der Waals surface area contributed by atoms with E-state index in [0.717, 1.165) is 53.6 Å². The third-order valence-corrected chi connectivity index (χ3v) is 5.96. The van der Waals surface area contributed by atoms with Gasteiger partial charge in [0.1, 0.15) is 5.65 Å². The van der Waals surface area contributed by atoms with Crippen LogP contribution in [0.1, 0.15) is 28.9 Å². The number of carbonyl (C=O) groups is 1. The number of fused-ring (bicyclic) bond motifs is 1. The zero-order valence-electron chi connectivity index (χ0n) is 15.2. The van der Waals surface area contributed by atoms with Crippen LogP contribution in [0.15, 0.2) is 59.8 Å². The van der Waals surface area contributed by atoms with Crippen LogP contribution in [-0.2, 0) is 5.75 Å². The van der Waals surface area contributed by atoms with Gasteiger partial charge in [0.15, 0.2) is 0 Å². The fourth-order valence-corrected chi connectivity index (χ4v) is 4.15. The summed E-state index contributed by atoms with van der Waals surface area (Å²) in [7, 11) is 0. The summed E-state index contributed by atoms with van der Waals surface area (Å²) in [5.74, 6) is 1.52. The molecule has 1 aromatic carbocycles. The van der Waals surface area contributed by atoms with Gasteiger partial charge in [-0.25, -0.2) is 4.98 Å². The number of nitrogens with zero attached hydrogens (tertiary/aromatic N) is 2. The van der Waals surface area contributed by atoms with E-state index in [1.807, 2.05) is 53.1 Å². The SMILES string of the molecule is O=C(NCCC1CCNC1)c1ccc(SCc2cn3ccccc3n2)cc1. The van der Waals surface area contributed by atoms with Gasteiger partial charge < -0.3 is 15.0 Å². The number of imidazole rings is 1. The monoisotopic (exact) mass is 380 g/mol. The number of aromatic nitrogens is 2. The highest BCUT2D eigenvalue weighted by molar-refractivity contribution is 7.98. The highest BCUT2D eigenvalue weighted by Gasteiger charge is 2.14. The lowest BCUT2D eigenvalue weighted by atomic mass is 10.1. The van der Waals surface area contributed by atoms with E-state index in [4.69, 9.17) is 0 Å². The summed E-state index contributed by atoms with van der Waals surface area (Å²) in [4.78, 5) is 18.0. The first-order chi connectivity index (χ1) is 13.3. The summed E-state index contributed by atoms with van der Waals surface area (Å²) < 4.78 is 2.03. The molecule has 4 rings (SSSR count). The van der Waals surface area contributed by atoms with Crippen LogP contribution in [-0.4, -0.2) is 34.9 Å². The summed E-state index contributed by atoms with van der Waals surface area (Å²) in [5.41, 5.74) is 2.74. The third kappa shape index (κ3) is 4.70. The van der Waals surface area contributed by atoms with E-state index in [1.165, 1.54) is 6.42 Å². The molecular weight excluding hydrogens is 356 g/mol. The summed E-state index contributed by atoms with van der Waals surface area (Å²) in [5, 5.41) is 6.39. The Morgan fingerprint density at radius 3 is 2.93 bits per heavy atom. The smallest absolute Gasteiger partial charge is 0.251 e. The zero-order chi connectivity index (χ0) is 18.5. The first-order valence-electron chi connectivity index (χ1n) is 9.42. The van der Waals surface area contributed by atoms with Crippen LogP contribution in [0.25, 0.3) is 5.65 Å². The van der Waals surface area contributed by atoms with Crippen LogP contribution >= 0.6 is 11.8 Å². The van der Waals surface area contributed by atoms with Gasteiger partial charge in [0.25, 0.3) is 5.91 Å². The number of hydrogen-bond acceptors (Lipinski definition) is 4. The van der Waals surface area contributed by atoms with Crippen molar-refractivity contribution in [3.63, 3.8) is 0 Å². The first-order valence-corrected chi connectivity index (χ1v) is 10.4. The van der Waals surface area contributed by atoms with Crippen molar-refractivity contribution >= 4 is 23.3 Å². The Balaban J connectivity index is 1.27. The van der Waals surface area contributed by atoms with E-state index >= 15 is 0 Å². The van der Waals surface area contributed by atoms with Crippen LogP contribution in [0, 0.1) is 5.92 Å². The molecule has 0 spiro atoms. The average molecular weight is 381 g/mol. The van der Waals surface area contributed by atoms with Crippen molar-refractivity contribution in [1.29, 1.82) is 0 Å². The van der Waals surface area contributed by atoms with Gasteiger partial charge in [-0.1, -0.05) is 6.07 Å². The molecular formula is C21H24N4OS. The number of carbonyl (C=O) groups excluding carboxylic acids is 1. The molecule has 1 fully saturated rings. The fraction of sp³-hybridized carbons (Fsp3) is 0.333. The number of nitrogens with one attached hydrogen (secondary N) is 2. The lowest BCUT2D eigenvalue weighted by Crippen LogP contribution is -2.26. The van der Waals surface area contributed by atoms with Gasteiger partial charge in [0.05, 0.1) is 5.69 Å². The van der Waals surface area contributed by atoms with Gasteiger partial charge >= 0.3 is 0 Å². The van der Waals surface area contributed by atoms with Crippen LogP contribution in [0.5, 0.6) is 0 Å². The molecule has 6 heteroatoms. The number of rotatable bonds is 7. The molecule has 0 bridgehead atoms. The summed E-state index contributed by atoms with van der Waals surface area (Å²) in [6, 6.07) is 13.8. The van der Waals surface area contributed by atoms with E-state index in [1.54, 1.807) is 11.8 Å². The van der Waals surface area contributed by atoms with Crippen LogP contribution in [0.4, 0.5) is 0 Å². The quantitative estimate of drug-likeness (QED) is 0.617. The Kier molecular flexibility index (Phi) is 5.75. The lowest BCUT2D eigenvalue weighted by Gasteiger charge is -2.09. The predicted molar refractivity (Wildman–Crippen MR) is 109 cm³/mol. The zero-order valence-corrected chi connectivity index (χ0v) is 16.0. The molecule has 0 saturated carbocycles. The largest absolute Gasteiger partial charge is 0.352 e. The molecule has 2 N–H and O–H groups in total. The molecule has 1 saturated heterocycles. The molecule has 0 aliphatic carbocycles. The highest BCUT2D eigenvalue weighted by Crippen LogP contribution is 2.23. The Bertz CT molecular complexity index is 867. The van der Waals surface area contributed by atoms with Crippen molar-refractivity contribution in [2.24, 2.45) is 5.92 Å². The predicted octanol–water partition coefficient (Wildman–Crippen LogP) is 3.36. The van der Waals surface area contributed by atoms with E-state index in [2.05, 4.69) is 21.8 Å². The normalized spacial score (nSPS) is 16.7. The van der Waals surface area contributed by atoms with Gasteiger partial charge in [-0.15, -0.1) is 11.8 Å². The van der Waals surface area contributed by atoms with Gasteiger partial charge in [-0.2, -0.15) is 0 Å². The van der Waals surface area contributed by atoms with E-state index < -0.39 is 0 Å². The molecule has 1 amide bonds. The van der Waals surface area contributed by atoms with Crippen molar-refractivity contribution in [3.05, 3.63) is 66.1 Å². The molecule has 1 atom stereocenters. The maximum Gasteiger partial charge on any atom is 0.251 e. The van der Waals surface area contributed by atoms with Gasteiger partial charge in [-0.3, -0.25) is 4.79 Å². The minimum atomic E-state index is 0.0119. The lowest BCUT2D eigenvalue weighted by molar-refractivity contribution is 0.0951. The third-order valence-electron chi connectivity index (χ3n) is 4.92. The number of thioether (sulfide) groups is 1. The van der Waals surface area contributed by atoms with E-state index in [9.17, 15) is 4.79 Å². The van der Waals surface area contributed by atoms with Crippen LogP contribution < -0.4 is 10.6 Å². The first kappa shape index (κ1) is 18.1. The molecule has 1 aliphatic heterocycles. The van der Waals surface area contributed by atoms with Gasteiger partial charge in [0.2, 0.25) is 0 Å². The van der Waals surface area contributed by atoms with Crippen molar-refractivity contribution in [3.8, 4) is 0 Å². The molecule has 3 heterocycles. The van der Waals surface area contributed by atoms with Crippen molar-refractivity contribution < 1.29 is 4.79 Å². The molecule has 140 valence electrons. The Morgan fingerprint density at radius 2 is 2.15 bits per heavy atom. The summed E-state index contributed by atoms with van der Waals surface area (Å²) >= 11 is 1.73. The van der Waals surface area contributed by atoms with E-state index in [-0.39, 0.29) is 5.91 Å². The molecule has 1 unspecified atom stereocenters. The van der Waals surface area contributed by atoms with Crippen LogP contribution in [0.3, 0.4) is 0 Å². The number of benzene rings is 1. The standard InChI is InChI=1S/C21H24N4OS/c26-21(23-11-9-16-8-10-22-13-16)17-4-6-19(7-5-17)27-15-18-14-25-12-2-1-3-20(25)24-18/h1-7,12,14,16,22H,8-11,13,15H2,(H,23,26). The molecule has 5 nitrogen and oxygen atoms in total. The highest BCUT2D eigenvalue weighted by atomic mass is 32.2. The van der Waals surface area contributed by atoms with Crippen molar-refractivity contribution in [1.82, 2.24) is 20.0 Å². The van der Waals surface area contributed by atoms with Gasteiger partial charge in [-0.05, 0) is 68.2 Å². The maximum absolute atomic E-state index is 12.3. The van der Waals surface area contributed by atoms with Crippen molar-refractivity contribution in [2.75, 3.05) is 19.6 Å². The Morgan fingerprint density at radius 1 is 1.26 bits per heavy atom. The van der Waals surface area contributed by atoms with E-state index in [0.29, 0.717) is 5.92 Å². The summed E-state index contributed by atoms with van der Waals surface area (Å²) in [6.07, 6.45) is 6.33. The fourth-order valence-electron chi connectivity index (χ4n) is 3.37. The minimum Gasteiger partial charge on any atom is -0.352 e. The number of hydrogen-bond donors (Lipinski definition) is 2. The average Bonchev–Trinajstić information content (AvgIpc) is 3.36.